The number of rotatable bonds is 5. The molecule has 0 saturated heterocycles. The number of amides is 1. The Balaban J connectivity index is 1.97. The first-order valence-corrected chi connectivity index (χ1v) is 8.29. The van der Waals surface area contributed by atoms with Gasteiger partial charge in [-0.25, -0.2) is 4.39 Å². The van der Waals surface area contributed by atoms with Gasteiger partial charge in [0.1, 0.15) is 5.82 Å². The fraction of sp³-hybridized carbons (Fsp3) is 0.176. The first-order valence-electron chi connectivity index (χ1n) is 7.16. The van der Waals surface area contributed by atoms with E-state index in [-0.39, 0.29) is 17.1 Å². The van der Waals surface area contributed by atoms with Crippen LogP contribution >= 0.6 is 34.8 Å². The number of anilines is 1. The van der Waals surface area contributed by atoms with Crippen LogP contribution in [-0.2, 0) is 20.7 Å². The van der Waals surface area contributed by atoms with Crippen molar-refractivity contribution in [2.24, 2.45) is 0 Å². The second-order valence-corrected chi connectivity index (χ2v) is 6.34. The third-order valence-electron chi connectivity index (χ3n) is 3.25. The van der Waals surface area contributed by atoms with Crippen LogP contribution in [0.2, 0.25) is 15.1 Å². The smallest absolute Gasteiger partial charge is 0.311 e. The molecule has 0 saturated carbocycles. The molecule has 25 heavy (non-hydrogen) atoms. The zero-order valence-electron chi connectivity index (χ0n) is 13.0. The van der Waals surface area contributed by atoms with Crippen molar-refractivity contribution in [3.63, 3.8) is 0 Å². The van der Waals surface area contributed by atoms with E-state index in [4.69, 9.17) is 39.5 Å². The lowest BCUT2D eigenvalue weighted by atomic mass is 10.1. The number of ether oxygens (including phenoxy) is 1. The first kappa shape index (κ1) is 19.5. The molecule has 0 aliphatic heterocycles. The summed E-state index contributed by atoms with van der Waals surface area (Å²) in [5.41, 5.74) is 0.634. The van der Waals surface area contributed by atoms with Crippen LogP contribution < -0.4 is 5.32 Å². The molecule has 1 N–H and O–H groups in total. The van der Waals surface area contributed by atoms with Crippen LogP contribution in [0.25, 0.3) is 0 Å². The van der Waals surface area contributed by atoms with Gasteiger partial charge in [0.05, 0.1) is 17.1 Å². The standard InChI is InChI=1S/C17H13Cl3FNO3/c1-9(17(24)22-15-6-5-10(21)7-14(15)20)25-16(23)8-11-12(18)3-2-4-13(11)19/h2-7,9H,8H2,1H3,(H,22,24)/t9-/m1/s1. The summed E-state index contributed by atoms with van der Waals surface area (Å²) in [6.07, 6.45) is -1.26. The number of carbonyl (C=O) groups excluding carboxylic acids is 2. The fourth-order valence-electron chi connectivity index (χ4n) is 1.96. The van der Waals surface area contributed by atoms with Crippen LogP contribution in [0.1, 0.15) is 12.5 Å². The lowest BCUT2D eigenvalue weighted by Gasteiger charge is -2.15. The monoisotopic (exact) mass is 403 g/mol. The van der Waals surface area contributed by atoms with E-state index < -0.39 is 23.8 Å². The summed E-state index contributed by atoms with van der Waals surface area (Å²) in [5.74, 6) is -1.80. The molecule has 0 spiro atoms. The number of carbonyl (C=O) groups is 2. The second kappa shape index (κ2) is 8.52. The number of nitrogens with one attached hydrogen (secondary N) is 1. The highest BCUT2D eigenvalue weighted by Gasteiger charge is 2.20. The summed E-state index contributed by atoms with van der Waals surface area (Å²) in [4.78, 5) is 24.1. The summed E-state index contributed by atoms with van der Waals surface area (Å²) in [6, 6.07) is 8.38. The molecular weight excluding hydrogens is 392 g/mol. The van der Waals surface area contributed by atoms with Crippen LogP contribution in [0.15, 0.2) is 36.4 Å². The van der Waals surface area contributed by atoms with E-state index in [1.54, 1.807) is 18.2 Å². The Labute approximate surface area is 158 Å². The summed E-state index contributed by atoms with van der Waals surface area (Å²) >= 11 is 17.8. The maximum Gasteiger partial charge on any atom is 0.311 e. The Bertz CT molecular complexity index is 793. The predicted octanol–water partition coefficient (Wildman–Crippen LogP) is 4.90. The molecule has 8 heteroatoms. The molecule has 4 nitrogen and oxygen atoms in total. The minimum Gasteiger partial charge on any atom is -0.452 e. The van der Waals surface area contributed by atoms with E-state index in [0.717, 1.165) is 12.1 Å². The van der Waals surface area contributed by atoms with Gasteiger partial charge in [0.25, 0.3) is 5.91 Å². The van der Waals surface area contributed by atoms with Crippen LogP contribution in [0.3, 0.4) is 0 Å². The van der Waals surface area contributed by atoms with Crippen molar-refractivity contribution in [3.05, 3.63) is 62.8 Å². The minimum absolute atomic E-state index is 0.0368. The van der Waals surface area contributed by atoms with Gasteiger partial charge >= 0.3 is 5.97 Å². The molecule has 0 aliphatic carbocycles. The number of benzene rings is 2. The molecule has 1 amide bonds. The number of esters is 1. The Kier molecular flexibility index (Phi) is 6.64. The molecule has 0 radical (unpaired) electrons. The summed E-state index contributed by atoms with van der Waals surface area (Å²) in [5, 5.41) is 3.17. The molecular formula is C17H13Cl3FNO3. The Hall–Kier alpha value is -1.82. The average molecular weight is 405 g/mol. The van der Waals surface area contributed by atoms with E-state index in [9.17, 15) is 14.0 Å². The molecule has 2 aromatic carbocycles. The Morgan fingerprint density at radius 1 is 1.12 bits per heavy atom. The average Bonchev–Trinajstić information content (AvgIpc) is 2.53. The van der Waals surface area contributed by atoms with Crippen LogP contribution in [0, 0.1) is 5.82 Å². The largest absolute Gasteiger partial charge is 0.452 e. The van der Waals surface area contributed by atoms with E-state index in [2.05, 4.69) is 5.32 Å². The molecule has 2 aromatic rings. The molecule has 1 atom stereocenters. The molecule has 132 valence electrons. The van der Waals surface area contributed by atoms with Crippen molar-refractivity contribution in [2.45, 2.75) is 19.4 Å². The molecule has 0 unspecified atom stereocenters. The van der Waals surface area contributed by atoms with Gasteiger partial charge in [0.2, 0.25) is 0 Å². The first-order chi connectivity index (χ1) is 11.8. The van der Waals surface area contributed by atoms with Crippen molar-refractivity contribution < 1.29 is 18.7 Å². The third kappa shape index (κ3) is 5.33. The second-order valence-electron chi connectivity index (χ2n) is 5.12. The molecule has 0 fully saturated rings. The van der Waals surface area contributed by atoms with Gasteiger partial charge in [-0.1, -0.05) is 40.9 Å². The number of hydrogen-bond donors (Lipinski definition) is 1. The van der Waals surface area contributed by atoms with Crippen LogP contribution in [-0.4, -0.2) is 18.0 Å². The molecule has 0 aromatic heterocycles. The molecule has 0 heterocycles. The highest BCUT2D eigenvalue weighted by molar-refractivity contribution is 6.36. The maximum atomic E-state index is 13.0. The zero-order valence-corrected chi connectivity index (χ0v) is 15.3. The number of halogens is 4. The van der Waals surface area contributed by atoms with Gasteiger partial charge in [0, 0.05) is 15.6 Å². The van der Waals surface area contributed by atoms with Crippen molar-refractivity contribution >= 4 is 52.4 Å². The lowest BCUT2D eigenvalue weighted by molar-refractivity contribution is -0.152. The quantitative estimate of drug-likeness (QED) is 0.721. The Morgan fingerprint density at radius 2 is 1.76 bits per heavy atom. The van der Waals surface area contributed by atoms with E-state index in [0.29, 0.717) is 15.6 Å². The van der Waals surface area contributed by atoms with Gasteiger partial charge in [-0.15, -0.1) is 0 Å². The highest BCUT2D eigenvalue weighted by atomic mass is 35.5. The molecule has 0 aliphatic rings. The van der Waals surface area contributed by atoms with Crippen molar-refractivity contribution in [2.75, 3.05) is 5.32 Å². The van der Waals surface area contributed by atoms with E-state index >= 15 is 0 Å². The minimum atomic E-state index is -1.09. The third-order valence-corrected chi connectivity index (χ3v) is 4.27. The summed E-state index contributed by atoms with van der Waals surface area (Å²) in [6.45, 7) is 1.40. The highest BCUT2D eigenvalue weighted by Crippen LogP contribution is 2.25. The SMILES string of the molecule is C[C@@H](OC(=O)Cc1c(Cl)cccc1Cl)C(=O)Nc1ccc(F)cc1Cl. The Morgan fingerprint density at radius 3 is 2.36 bits per heavy atom. The van der Waals surface area contributed by atoms with Gasteiger partial charge in [-0.05, 0) is 37.3 Å². The van der Waals surface area contributed by atoms with Crippen LogP contribution in [0.5, 0.6) is 0 Å². The van der Waals surface area contributed by atoms with Gasteiger partial charge < -0.3 is 10.1 Å². The normalized spacial score (nSPS) is 11.7. The maximum absolute atomic E-state index is 13.0. The van der Waals surface area contributed by atoms with Crippen molar-refractivity contribution in [1.29, 1.82) is 0 Å². The fourth-order valence-corrected chi connectivity index (χ4v) is 2.71. The summed E-state index contributed by atoms with van der Waals surface area (Å²) < 4.78 is 18.1. The van der Waals surface area contributed by atoms with Gasteiger partial charge in [-0.3, -0.25) is 9.59 Å². The van der Waals surface area contributed by atoms with Crippen LogP contribution in [0.4, 0.5) is 10.1 Å². The predicted molar refractivity (Wildman–Crippen MR) is 95.8 cm³/mol. The topological polar surface area (TPSA) is 55.4 Å². The van der Waals surface area contributed by atoms with Crippen molar-refractivity contribution in [1.82, 2.24) is 0 Å². The lowest BCUT2D eigenvalue weighted by Crippen LogP contribution is -2.30. The molecule has 2 rings (SSSR count). The number of hydrogen-bond acceptors (Lipinski definition) is 3. The van der Waals surface area contributed by atoms with E-state index in [1.807, 2.05) is 0 Å². The van der Waals surface area contributed by atoms with Gasteiger partial charge in [-0.2, -0.15) is 0 Å². The van der Waals surface area contributed by atoms with E-state index in [1.165, 1.54) is 13.0 Å². The van der Waals surface area contributed by atoms with Gasteiger partial charge in [0.15, 0.2) is 6.10 Å². The molecule has 0 bridgehead atoms. The van der Waals surface area contributed by atoms with Crippen molar-refractivity contribution in [3.8, 4) is 0 Å². The summed E-state index contributed by atoms with van der Waals surface area (Å²) in [7, 11) is 0. The zero-order chi connectivity index (χ0) is 18.6.